The van der Waals surface area contributed by atoms with Crippen LogP contribution < -0.4 is 9.80 Å². The molecule has 5 heteroatoms. The lowest BCUT2D eigenvalue weighted by atomic mass is 10.1. The number of rotatable bonds is 3. The van der Waals surface area contributed by atoms with Crippen molar-refractivity contribution in [3.63, 3.8) is 0 Å². The summed E-state index contributed by atoms with van der Waals surface area (Å²) in [6.45, 7) is 3.76. The summed E-state index contributed by atoms with van der Waals surface area (Å²) in [5.74, 6) is 0.314. The molecule has 2 aromatic carbocycles. The molecule has 0 aromatic heterocycles. The molecule has 0 N–H and O–H groups in total. The zero-order chi connectivity index (χ0) is 18.8. The quantitative estimate of drug-likeness (QED) is 0.798. The van der Waals surface area contributed by atoms with Crippen molar-refractivity contribution >= 4 is 35.0 Å². The molecule has 0 aliphatic carbocycles. The van der Waals surface area contributed by atoms with Gasteiger partial charge in [-0.25, -0.2) is 0 Å². The fourth-order valence-corrected chi connectivity index (χ4v) is 4.84. The van der Waals surface area contributed by atoms with E-state index < -0.39 is 0 Å². The van der Waals surface area contributed by atoms with Crippen LogP contribution in [0, 0.1) is 0 Å². The van der Waals surface area contributed by atoms with E-state index in [0.717, 1.165) is 42.9 Å². The van der Waals surface area contributed by atoms with Gasteiger partial charge in [-0.2, -0.15) is 0 Å². The van der Waals surface area contributed by atoms with Crippen molar-refractivity contribution < 1.29 is 9.59 Å². The van der Waals surface area contributed by atoms with Crippen LogP contribution in [0.15, 0.2) is 53.4 Å². The number of para-hydroxylation sites is 1. The van der Waals surface area contributed by atoms with Crippen LogP contribution in [0.25, 0.3) is 0 Å². The van der Waals surface area contributed by atoms with E-state index in [1.807, 2.05) is 64.0 Å². The summed E-state index contributed by atoms with van der Waals surface area (Å²) in [6, 6.07) is 16.0. The summed E-state index contributed by atoms with van der Waals surface area (Å²) in [5, 5.41) is 0.501. The van der Waals surface area contributed by atoms with Gasteiger partial charge in [-0.15, -0.1) is 11.8 Å². The first-order valence-corrected chi connectivity index (χ1v) is 10.4. The minimum absolute atomic E-state index is 0.127. The molecule has 2 aliphatic rings. The topological polar surface area (TPSA) is 40.6 Å². The average molecular weight is 381 g/mol. The lowest BCUT2D eigenvalue weighted by Crippen LogP contribution is -2.33. The van der Waals surface area contributed by atoms with Crippen LogP contribution in [0.1, 0.15) is 31.7 Å². The fraction of sp³-hybridized carbons (Fsp3) is 0.364. The SMILES string of the molecule is CC1CCN(C(=O)Cc2ccc(N3CCCC3=O)cc2)c2ccccc2S1. The number of thioether (sulfide) groups is 1. The molecular weight excluding hydrogens is 356 g/mol. The van der Waals surface area contributed by atoms with Crippen LogP contribution in [-0.4, -0.2) is 30.2 Å². The summed E-state index contributed by atoms with van der Waals surface area (Å²) >= 11 is 1.85. The van der Waals surface area contributed by atoms with Gasteiger partial charge in [-0.3, -0.25) is 9.59 Å². The third-order valence-electron chi connectivity index (χ3n) is 5.22. The van der Waals surface area contributed by atoms with Gasteiger partial charge in [0.2, 0.25) is 11.8 Å². The zero-order valence-corrected chi connectivity index (χ0v) is 16.4. The van der Waals surface area contributed by atoms with Crippen molar-refractivity contribution in [1.82, 2.24) is 0 Å². The van der Waals surface area contributed by atoms with Gasteiger partial charge in [0, 0.05) is 35.3 Å². The molecule has 2 heterocycles. The molecule has 0 saturated carbocycles. The maximum absolute atomic E-state index is 13.0. The standard InChI is InChI=1S/C22H24N2O2S/c1-16-12-14-24(19-5-2-3-6-20(19)27-16)22(26)15-17-8-10-18(11-9-17)23-13-4-7-21(23)25/h2-3,5-6,8-11,16H,4,7,12-15H2,1H3. The van der Waals surface area contributed by atoms with E-state index in [1.54, 1.807) is 0 Å². The molecule has 0 bridgehead atoms. The predicted octanol–water partition coefficient (Wildman–Crippen LogP) is 4.27. The molecule has 140 valence electrons. The van der Waals surface area contributed by atoms with Crippen molar-refractivity contribution in [2.75, 3.05) is 22.9 Å². The van der Waals surface area contributed by atoms with E-state index in [2.05, 4.69) is 13.0 Å². The summed E-state index contributed by atoms with van der Waals surface area (Å²) < 4.78 is 0. The Hall–Kier alpha value is -2.27. The Kier molecular flexibility index (Phi) is 5.21. The summed E-state index contributed by atoms with van der Waals surface area (Å²) in [5.41, 5.74) is 2.94. The minimum Gasteiger partial charge on any atom is -0.312 e. The van der Waals surface area contributed by atoms with Crippen molar-refractivity contribution in [3.8, 4) is 0 Å². The van der Waals surface area contributed by atoms with E-state index in [1.165, 1.54) is 4.90 Å². The maximum atomic E-state index is 13.0. The molecule has 27 heavy (non-hydrogen) atoms. The predicted molar refractivity (Wildman–Crippen MR) is 110 cm³/mol. The highest BCUT2D eigenvalue weighted by Crippen LogP contribution is 2.37. The number of nitrogens with zero attached hydrogens (tertiary/aromatic N) is 2. The first-order valence-electron chi connectivity index (χ1n) is 9.57. The van der Waals surface area contributed by atoms with Crippen LogP contribution >= 0.6 is 11.8 Å². The minimum atomic E-state index is 0.127. The van der Waals surface area contributed by atoms with Gasteiger partial charge in [-0.05, 0) is 42.7 Å². The second kappa shape index (κ2) is 7.77. The Bertz CT molecular complexity index is 850. The van der Waals surface area contributed by atoms with Crippen molar-refractivity contribution in [1.29, 1.82) is 0 Å². The molecule has 1 atom stereocenters. The van der Waals surface area contributed by atoms with Gasteiger partial charge < -0.3 is 9.80 Å². The lowest BCUT2D eigenvalue weighted by molar-refractivity contribution is -0.118. The molecule has 1 saturated heterocycles. The van der Waals surface area contributed by atoms with E-state index in [4.69, 9.17) is 0 Å². The molecule has 1 fully saturated rings. The molecule has 0 spiro atoms. The maximum Gasteiger partial charge on any atom is 0.231 e. The van der Waals surface area contributed by atoms with Crippen LogP contribution in [0.5, 0.6) is 0 Å². The molecule has 0 radical (unpaired) electrons. The third-order valence-corrected chi connectivity index (χ3v) is 6.46. The molecular formula is C22H24N2O2S. The first-order chi connectivity index (χ1) is 13.1. The molecule has 4 nitrogen and oxygen atoms in total. The van der Waals surface area contributed by atoms with Crippen LogP contribution in [0.4, 0.5) is 11.4 Å². The highest BCUT2D eigenvalue weighted by atomic mass is 32.2. The van der Waals surface area contributed by atoms with Gasteiger partial charge in [-0.1, -0.05) is 31.2 Å². The van der Waals surface area contributed by atoms with Crippen LogP contribution in [0.2, 0.25) is 0 Å². The number of carbonyl (C=O) groups is 2. The van der Waals surface area contributed by atoms with Gasteiger partial charge in [0.1, 0.15) is 0 Å². The number of amides is 2. The fourth-order valence-electron chi connectivity index (χ4n) is 3.73. The highest BCUT2D eigenvalue weighted by molar-refractivity contribution is 8.00. The van der Waals surface area contributed by atoms with E-state index >= 15 is 0 Å². The van der Waals surface area contributed by atoms with Crippen molar-refractivity contribution in [2.24, 2.45) is 0 Å². The molecule has 1 unspecified atom stereocenters. The second-order valence-electron chi connectivity index (χ2n) is 7.22. The average Bonchev–Trinajstić information content (AvgIpc) is 3.01. The van der Waals surface area contributed by atoms with Crippen molar-refractivity contribution in [3.05, 3.63) is 54.1 Å². The number of anilines is 2. The Morgan fingerprint density at radius 1 is 1.11 bits per heavy atom. The monoisotopic (exact) mass is 380 g/mol. The Labute approximate surface area is 164 Å². The molecule has 2 aliphatic heterocycles. The van der Waals surface area contributed by atoms with Crippen LogP contribution in [-0.2, 0) is 16.0 Å². The van der Waals surface area contributed by atoms with Gasteiger partial charge >= 0.3 is 0 Å². The number of hydrogen-bond acceptors (Lipinski definition) is 3. The van der Waals surface area contributed by atoms with E-state index in [0.29, 0.717) is 18.1 Å². The summed E-state index contributed by atoms with van der Waals surface area (Å²) in [4.78, 5) is 29.9. The molecule has 4 rings (SSSR count). The van der Waals surface area contributed by atoms with Crippen molar-refractivity contribution in [2.45, 2.75) is 42.8 Å². The lowest BCUT2D eigenvalue weighted by Gasteiger charge is -2.23. The number of fused-ring (bicyclic) bond motifs is 1. The van der Waals surface area contributed by atoms with E-state index in [-0.39, 0.29) is 11.8 Å². The Morgan fingerprint density at radius 2 is 1.89 bits per heavy atom. The zero-order valence-electron chi connectivity index (χ0n) is 15.6. The highest BCUT2D eigenvalue weighted by Gasteiger charge is 2.25. The largest absolute Gasteiger partial charge is 0.312 e. The molecule has 2 amide bonds. The Morgan fingerprint density at radius 3 is 2.63 bits per heavy atom. The van der Waals surface area contributed by atoms with Gasteiger partial charge in [0.05, 0.1) is 12.1 Å². The number of benzene rings is 2. The van der Waals surface area contributed by atoms with E-state index in [9.17, 15) is 9.59 Å². The molecule has 2 aromatic rings. The smallest absolute Gasteiger partial charge is 0.231 e. The first kappa shape index (κ1) is 18.1. The van der Waals surface area contributed by atoms with Gasteiger partial charge in [0.15, 0.2) is 0 Å². The van der Waals surface area contributed by atoms with Crippen LogP contribution in [0.3, 0.4) is 0 Å². The summed E-state index contributed by atoms with van der Waals surface area (Å²) in [7, 11) is 0. The normalized spacial score (nSPS) is 19.7. The number of hydrogen-bond donors (Lipinski definition) is 0. The Balaban J connectivity index is 1.50. The summed E-state index contributed by atoms with van der Waals surface area (Å²) in [6.07, 6.45) is 2.91. The second-order valence-corrected chi connectivity index (χ2v) is 8.70. The third kappa shape index (κ3) is 3.88. The number of carbonyl (C=O) groups excluding carboxylic acids is 2. The van der Waals surface area contributed by atoms with Gasteiger partial charge in [0.25, 0.3) is 0 Å².